The summed E-state index contributed by atoms with van der Waals surface area (Å²) in [4.78, 5) is 23.8. The van der Waals surface area contributed by atoms with Crippen molar-refractivity contribution >= 4 is 34.4 Å². The number of halogens is 1. The molecule has 122 valence electrons. The number of fused-ring (bicyclic) bond motifs is 1. The molecule has 0 saturated heterocycles. The number of hydrogen-bond donors (Lipinski definition) is 2. The molecule has 2 amide bonds. The van der Waals surface area contributed by atoms with Crippen LogP contribution in [0, 0.1) is 0 Å². The second kappa shape index (κ2) is 7.14. The Kier molecular flexibility index (Phi) is 4.77. The van der Waals surface area contributed by atoms with Gasteiger partial charge in [-0.1, -0.05) is 41.0 Å². The molecule has 0 spiro atoms. The van der Waals surface area contributed by atoms with Gasteiger partial charge in [-0.2, -0.15) is 0 Å². The number of hydrogen-bond acceptors (Lipinski definition) is 4. The van der Waals surface area contributed by atoms with Gasteiger partial charge in [0.25, 0.3) is 0 Å². The van der Waals surface area contributed by atoms with Gasteiger partial charge in [-0.25, -0.2) is 0 Å². The number of carbonyl (C=O) groups is 2. The van der Waals surface area contributed by atoms with Gasteiger partial charge < -0.3 is 4.52 Å². The molecule has 0 aliphatic carbocycles. The molecule has 1 aromatic heterocycles. The first kappa shape index (κ1) is 16.0. The van der Waals surface area contributed by atoms with E-state index in [1.165, 1.54) is 0 Å². The lowest BCUT2D eigenvalue weighted by Gasteiger charge is -2.06. The molecule has 3 aromatic rings. The summed E-state index contributed by atoms with van der Waals surface area (Å²) >= 11 is 5.79. The molecular formula is C17H14ClN3O3. The van der Waals surface area contributed by atoms with Gasteiger partial charge in [0.1, 0.15) is 5.69 Å². The van der Waals surface area contributed by atoms with Crippen LogP contribution in [0.2, 0.25) is 5.02 Å². The summed E-state index contributed by atoms with van der Waals surface area (Å²) in [6.45, 7) is 0. The monoisotopic (exact) mass is 343 g/mol. The average Bonchev–Trinajstić information content (AvgIpc) is 2.98. The largest absolute Gasteiger partial charge is 0.356 e. The van der Waals surface area contributed by atoms with Crippen LogP contribution in [0.5, 0.6) is 0 Å². The van der Waals surface area contributed by atoms with E-state index in [4.69, 9.17) is 16.1 Å². The van der Waals surface area contributed by atoms with Gasteiger partial charge in [-0.05, 0) is 29.8 Å². The summed E-state index contributed by atoms with van der Waals surface area (Å²) in [5.41, 5.74) is 6.69. The molecule has 0 saturated carbocycles. The van der Waals surface area contributed by atoms with Crippen LogP contribution in [0.25, 0.3) is 11.0 Å². The third-order valence-corrected chi connectivity index (χ3v) is 3.65. The second-order valence-corrected chi connectivity index (χ2v) is 5.64. The topological polar surface area (TPSA) is 84.2 Å². The summed E-state index contributed by atoms with van der Waals surface area (Å²) in [7, 11) is 0. The molecular weight excluding hydrogens is 330 g/mol. The van der Waals surface area contributed by atoms with Crippen LogP contribution in [0.3, 0.4) is 0 Å². The maximum Gasteiger partial charge on any atom is 0.244 e. The second-order valence-electron chi connectivity index (χ2n) is 5.20. The summed E-state index contributed by atoms with van der Waals surface area (Å²) in [5.74, 6) is -0.700. The molecule has 2 N–H and O–H groups in total. The zero-order valence-electron chi connectivity index (χ0n) is 12.6. The standard InChI is InChI=1S/C17H14ClN3O3/c18-12-7-5-11(6-8-12)9-16(22)19-20-17(23)10-14-13-3-1-2-4-15(13)24-21-14/h1-8H,9-10H2,(H,19,22)(H,20,23). The molecule has 6 nitrogen and oxygen atoms in total. The summed E-state index contributed by atoms with van der Waals surface area (Å²) in [5, 5.41) is 5.26. The number of nitrogens with zero attached hydrogens (tertiary/aromatic N) is 1. The predicted molar refractivity (Wildman–Crippen MR) is 89.2 cm³/mol. The summed E-state index contributed by atoms with van der Waals surface area (Å²) < 4.78 is 5.14. The SMILES string of the molecule is O=C(Cc1ccc(Cl)cc1)NNC(=O)Cc1noc2ccccc12. The molecule has 1 heterocycles. The van der Waals surface area contributed by atoms with Gasteiger partial charge in [0.05, 0.1) is 12.8 Å². The van der Waals surface area contributed by atoms with Crippen molar-refractivity contribution in [2.24, 2.45) is 0 Å². The quantitative estimate of drug-likeness (QED) is 0.712. The zero-order valence-corrected chi connectivity index (χ0v) is 13.3. The van der Waals surface area contributed by atoms with E-state index in [1.807, 2.05) is 18.2 Å². The van der Waals surface area contributed by atoms with Gasteiger partial charge in [0.15, 0.2) is 5.58 Å². The number of hydrazine groups is 1. The van der Waals surface area contributed by atoms with Crippen LogP contribution >= 0.6 is 11.6 Å². The van der Waals surface area contributed by atoms with Crippen LogP contribution in [0.4, 0.5) is 0 Å². The summed E-state index contributed by atoms with van der Waals surface area (Å²) in [6, 6.07) is 14.2. The molecule has 0 aliphatic heterocycles. The zero-order chi connectivity index (χ0) is 16.9. The number of benzene rings is 2. The van der Waals surface area contributed by atoms with Crippen molar-refractivity contribution in [1.29, 1.82) is 0 Å². The average molecular weight is 344 g/mol. The minimum absolute atomic E-state index is 0.0121. The van der Waals surface area contributed by atoms with Gasteiger partial charge in [-0.3, -0.25) is 20.4 Å². The molecule has 0 aliphatic rings. The Hall–Kier alpha value is -2.86. The van der Waals surface area contributed by atoms with E-state index in [9.17, 15) is 9.59 Å². The maximum absolute atomic E-state index is 11.9. The first-order valence-corrected chi connectivity index (χ1v) is 7.65. The Balaban J connectivity index is 1.52. The van der Waals surface area contributed by atoms with E-state index >= 15 is 0 Å². The molecule has 2 aromatic carbocycles. The lowest BCUT2D eigenvalue weighted by Crippen LogP contribution is -2.43. The molecule has 24 heavy (non-hydrogen) atoms. The minimum atomic E-state index is -0.376. The smallest absolute Gasteiger partial charge is 0.244 e. The normalized spacial score (nSPS) is 10.5. The highest BCUT2D eigenvalue weighted by Gasteiger charge is 2.12. The van der Waals surface area contributed by atoms with E-state index in [0.717, 1.165) is 10.9 Å². The van der Waals surface area contributed by atoms with Crippen LogP contribution in [-0.2, 0) is 22.4 Å². The number of aromatic nitrogens is 1. The van der Waals surface area contributed by atoms with Crippen molar-refractivity contribution in [3.05, 3.63) is 64.8 Å². The van der Waals surface area contributed by atoms with Crippen LogP contribution in [0.15, 0.2) is 53.1 Å². The highest BCUT2D eigenvalue weighted by Crippen LogP contribution is 2.17. The van der Waals surface area contributed by atoms with Crippen molar-refractivity contribution < 1.29 is 14.1 Å². The number of para-hydroxylation sites is 1. The first-order valence-electron chi connectivity index (χ1n) is 7.27. The molecule has 0 bridgehead atoms. The van der Waals surface area contributed by atoms with E-state index in [1.54, 1.807) is 30.3 Å². The van der Waals surface area contributed by atoms with E-state index < -0.39 is 0 Å². The molecule has 0 unspecified atom stereocenters. The Morgan fingerprint density at radius 3 is 2.38 bits per heavy atom. The molecule has 3 rings (SSSR count). The van der Waals surface area contributed by atoms with Crippen molar-refractivity contribution in [2.45, 2.75) is 12.8 Å². The number of nitrogens with one attached hydrogen (secondary N) is 2. The van der Waals surface area contributed by atoms with Crippen molar-refractivity contribution in [2.75, 3.05) is 0 Å². The molecule has 0 atom stereocenters. The maximum atomic E-state index is 11.9. The Labute approximate surface area is 142 Å². The van der Waals surface area contributed by atoms with Crippen LogP contribution in [-0.4, -0.2) is 17.0 Å². The fourth-order valence-corrected chi connectivity index (χ4v) is 2.36. The van der Waals surface area contributed by atoms with E-state index in [0.29, 0.717) is 16.3 Å². The van der Waals surface area contributed by atoms with Crippen molar-refractivity contribution in [3.63, 3.8) is 0 Å². The first-order chi connectivity index (χ1) is 11.6. The van der Waals surface area contributed by atoms with Crippen molar-refractivity contribution in [1.82, 2.24) is 16.0 Å². The van der Waals surface area contributed by atoms with Crippen molar-refractivity contribution in [3.8, 4) is 0 Å². The minimum Gasteiger partial charge on any atom is -0.356 e. The highest BCUT2D eigenvalue weighted by atomic mass is 35.5. The van der Waals surface area contributed by atoms with E-state index in [2.05, 4.69) is 16.0 Å². The van der Waals surface area contributed by atoms with Gasteiger partial charge in [-0.15, -0.1) is 0 Å². The molecule has 0 fully saturated rings. The fourth-order valence-electron chi connectivity index (χ4n) is 2.23. The highest BCUT2D eigenvalue weighted by molar-refractivity contribution is 6.30. The fraction of sp³-hybridized carbons (Fsp3) is 0.118. The third-order valence-electron chi connectivity index (χ3n) is 3.40. The van der Waals surface area contributed by atoms with Gasteiger partial charge in [0.2, 0.25) is 11.8 Å². The Morgan fingerprint density at radius 1 is 0.958 bits per heavy atom. The lowest BCUT2D eigenvalue weighted by atomic mass is 10.1. The number of rotatable bonds is 4. The van der Waals surface area contributed by atoms with E-state index in [-0.39, 0.29) is 24.7 Å². The number of carbonyl (C=O) groups excluding carboxylic acids is 2. The van der Waals surface area contributed by atoms with Crippen LogP contribution in [0.1, 0.15) is 11.3 Å². The number of amides is 2. The Morgan fingerprint density at radius 2 is 1.62 bits per heavy atom. The Bertz CT molecular complexity index is 874. The molecule has 0 radical (unpaired) electrons. The third kappa shape index (κ3) is 3.91. The van der Waals surface area contributed by atoms with Gasteiger partial charge in [0, 0.05) is 10.4 Å². The van der Waals surface area contributed by atoms with Gasteiger partial charge >= 0.3 is 0 Å². The lowest BCUT2D eigenvalue weighted by molar-refractivity contribution is -0.128. The summed E-state index contributed by atoms with van der Waals surface area (Å²) in [6.07, 6.45) is 0.155. The molecule has 7 heteroatoms. The predicted octanol–water partition coefficient (Wildman–Crippen LogP) is 2.41. The van der Waals surface area contributed by atoms with Crippen LogP contribution < -0.4 is 10.9 Å².